The first-order valence-corrected chi connectivity index (χ1v) is 6.65. The Balaban J connectivity index is 4.57. The molecule has 0 rings (SSSR count). The maximum atomic E-state index is 5.09. The van der Waals surface area contributed by atoms with Crippen LogP contribution in [0, 0.1) is 0 Å². The molecule has 0 spiro atoms. The molecule has 0 unspecified atom stereocenters. The van der Waals surface area contributed by atoms with Gasteiger partial charge in [-0.05, 0) is 21.1 Å². The molecule has 2 nitrogen and oxygen atoms in total. The Bertz CT molecular complexity index is 166. The summed E-state index contributed by atoms with van der Waals surface area (Å²) >= 11 is 5.09. The minimum absolute atomic E-state index is 1.03. The van der Waals surface area contributed by atoms with Crippen molar-refractivity contribution in [2.45, 2.75) is 27.7 Å². The van der Waals surface area contributed by atoms with E-state index in [1.54, 1.807) is 0 Å². The SMILES string of the molecule is CCN(CC)C(=S=S)N(CC)CC. The summed E-state index contributed by atoms with van der Waals surface area (Å²) in [5.41, 5.74) is 0. The van der Waals surface area contributed by atoms with Crippen LogP contribution in [0.15, 0.2) is 0 Å². The van der Waals surface area contributed by atoms with E-state index in [-0.39, 0.29) is 0 Å². The Morgan fingerprint density at radius 2 is 1.23 bits per heavy atom. The van der Waals surface area contributed by atoms with E-state index >= 15 is 0 Å². The van der Waals surface area contributed by atoms with Gasteiger partial charge < -0.3 is 0 Å². The Morgan fingerprint density at radius 3 is 1.38 bits per heavy atom. The number of hydrogen-bond acceptors (Lipinski definition) is 1. The molecule has 0 aliphatic rings. The standard InChI is InChI=1S/C9H20N2S2/c1-5-10(6-2)9(13-12)11(7-3)8-4/h5-8H2,1-4H3. The lowest BCUT2D eigenvalue weighted by molar-refractivity contribution is 0.363. The summed E-state index contributed by atoms with van der Waals surface area (Å²) in [5.74, 6) is 0. The molecule has 0 atom stereocenters. The molecule has 0 aromatic rings. The summed E-state index contributed by atoms with van der Waals surface area (Å²) in [7, 11) is 1.44. The Morgan fingerprint density at radius 1 is 0.923 bits per heavy atom. The van der Waals surface area contributed by atoms with E-state index in [9.17, 15) is 0 Å². The Kier molecular flexibility index (Phi) is 7.75. The lowest BCUT2D eigenvalue weighted by Gasteiger charge is -2.28. The highest BCUT2D eigenvalue weighted by atomic mass is 32.8. The third kappa shape index (κ3) is 3.85. The quantitative estimate of drug-likeness (QED) is 0.660. The highest BCUT2D eigenvalue weighted by Gasteiger charge is 2.12. The van der Waals surface area contributed by atoms with E-state index in [0.717, 1.165) is 26.2 Å². The maximum absolute atomic E-state index is 5.09. The van der Waals surface area contributed by atoms with Crippen LogP contribution in [-0.4, -0.2) is 41.1 Å². The largest absolute Gasteiger partial charge is 0.257 e. The van der Waals surface area contributed by atoms with E-state index in [4.69, 9.17) is 11.2 Å². The number of nitrogens with zero attached hydrogens (tertiary/aromatic N) is 2. The third-order valence-corrected chi connectivity index (χ3v) is 3.26. The van der Waals surface area contributed by atoms with Gasteiger partial charge in [-0.2, -0.15) is 0 Å². The van der Waals surface area contributed by atoms with E-state index in [1.807, 2.05) is 0 Å². The van der Waals surface area contributed by atoms with Crippen LogP contribution in [0.3, 0.4) is 0 Å². The second-order valence-corrected chi connectivity index (χ2v) is 3.74. The minimum atomic E-state index is 1.03. The Hall–Kier alpha value is 0.230. The van der Waals surface area contributed by atoms with Crippen molar-refractivity contribution in [1.29, 1.82) is 0 Å². The molecule has 0 N–H and O–H groups in total. The van der Waals surface area contributed by atoms with E-state index < -0.39 is 0 Å². The van der Waals surface area contributed by atoms with Crippen molar-refractivity contribution < 1.29 is 0 Å². The van der Waals surface area contributed by atoms with Crippen LogP contribution < -0.4 is 0 Å². The van der Waals surface area contributed by atoms with Gasteiger partial charge in [0.25, 0.3) is 0 Å². The lowest BCUT2D eigenvalue weighted by atomic mass is 10.5. The molecule has 0 heterocycles. The van der Waals surface area contributed by atoms with Gasteiger partial charge in [0.15, 0.2) is 0 Å². The fraction of sp³-hybridized carbons (Fsp3) is 0.889. The normalized spacial score (nSPS) is 10.9. The van der Waals surface area contributed by atoms with Crippen LogP contribution in [0.25, 0.3) is 0 Å². The molecule has 13 heavy (non-hydrogen) atoms. The summed E-state index contributed by atoms with van der Waals surface area (Å²) < 4.78 is 0. The minimum Gasteiger partial charge on any atom is -0.257 e. The van der Waals surface area contributed by atoms with Crippen LogP contribution in [0.4, 0.5) is 0 Å². The average Bonchev–Trinajstić information content (AvgIpc) is 2.18. The molecule has 0 saturated carbocycles. The predicted molar refractivity (Wildman–Crippen MR) is 65.6 cm³/mol. The van der Waals surface area contributed by atoms with Gasteiger partial charge in [-0.1, -0.05) is 27.7 Å². The van der Waals surface area contributed by atoms with Crippen LogP contribution in [0.2, 0.25) is 0 Å². The zero-order chi connectivity index (χ0) is 10.3. The zero-order valence-corrected chi connectivity index (χ0v) is 10.7. The fourth-order valence-electron chi connectivity index (χ4n) is 1.29. The summed E-state index contributed by atoms with van der Waals surface area (Å²) in [6.07, 6.45) is 0. The van der Waals surface area contributed by atoms with Crippen molar-refractivity contribution in [2.24, 2.45) is 0 Å². The number of hydrogen-bond donors (Lipinski definition) is 0. The van der Waals surface area contributed by atoms with E-state index in [2.05, 4.69) is 37.5 Å². The molecular weight excluding hydrogens is 200 g/mol. The summed E-state index contributed by atoms with van der Waals surface area (Å²) in [6.45, 7) is 12.8. The van der Waals surface area contributed by atoms with Crippen LogP contribution >= 0.6 is 0 Å². The van der Waals surface area contributed by atoms with Crippen LogP contribution in [0.1, 0.15) is 27.7 Å². The molecule has 4 heteroatoms. The highest BCUT2D eigenvalue weighted by molar-refractivity contribution is 8.17. The molecule has 0 aromatic heterocycles. The molecule has 78 valence electrons. The lowest BCUT2D eigenvalue weighted by Crippen LogP contribution is -2.44. The topological polar surface area (TPSA) is 6.48 Å². The maximum Gasteiger partial charge on any atom is 0.130 e. The molecular formula is C9H20N2S2. The van der Waals surface area contributed by atoms with Crippen molar-refractivity contribution in [2.75, 3.05) is 26.2 Å². The van der Waals surface area contributed by atoms with Gasteiger partial charge in [0.2, 0.25) is 0 Å². The fourth-order valence-corrected chi connectivity index (χ4v) is 2.65. The number of rotatable bonds is 4. The molecule has 0 amide bonds. The molecule has 0 aromatic carbocycles. The Labute approximate surface area is 90.1 Å². The molecule has 0 bridgehead atoms. The average molecular weight is 220 g/mol. The van der Waals surface area contributed by atoms with Crippen LogP contribution in [-0.2, 0) is 21.1 Å². The first-order chi connectivity index (χ1) is 6.24. The van der Waals surface area contributed by atoms with Gasteiger partial charge >= 0.3 is 0 Å². The van der Waals surface area contributed by atoms with Gasteiger partial charge in [-0.15, -0.1) is 0 Å². The molecule has 0 fully saturated rings. The highest BCUT2D eigenvalue weighted by Crippen LogP contribution is 1.96. The van der Waals surface area contributed by atoms with Gasteiger partial charge in [-0.3, -0.25) is 9.80 Å². The van der Waals surface area contributed by atoms with Crippen molar-refractivity contribution >= 4 is 26.2 Å². The van der Waals surface area contributed by atoms with Gasteiger partial charge in [-0.25, -0.2) is 0 Å². The van der Waals surface area contributed by atoms with Crippen molar-refractivity contribution in [3.8, 4) is 0 Å². The van der Waals surface area contributed by atoms with Gasteiger partial charge in [0.1, 0.15) is 5.11 Å². The smallest absolute Gasteiger partial charge is 0.130 e. The molecule has 0 aliphatic heterocycles. The zero-order valence-electron chi connectivity index (χ0n) is 9.04. The molecule has 0 saturated heterocycles. The van der Waals surface area contributed by atoms with E-state index in [0.29, 0.717) is 0 Å². The van der Waals surface area contributed by atoms with E-state index in [1.165, 1.54) is 15.0 Å². The van der Waals surface area contributed by atoms with Crippen molar-refractivity contribution in [3.05, 3.63) is 0 Å². The first kappa shape index (κ1) is 13.2. The first-order valence-electron chi connectivity index (χ1n) is 4.91. The summed E-state index contributed by atoms with van der Waals surface area (Å²) in [6, 6.07) is 0. The predicted octanol–water partition coefficient (Wildman–Crippen LogP) is 1.30. The third-order valence-electron chi connectivity index (χ3n) is 2.14. The molecule has 0 aliphatic carbocycles. The molecule has 0 radical (unpaired) electrons. The van der Waals surface area contributed by atoms with Crippen molar-refractivity contribution in [1.82, 2.24) is 9.80 Å². The summed E-state index contributed by atoms with van der Waals surface area (Å²) in [5, 5.41) is 1.23. The van der Waals surface area contributed by atoms with Crippen molar-refractivity contribution in [3.63, 3.8) is 0 Å². The van der Waals surface area contributed by atoms with Crippen LogP contribution in [0.5, 0.6) is 0 Å². The second kappa shape index (κ2) is 7.62. The van der Waals surface area contributed by atoms with Gasteiger partial charge in [0.05, 0.1) is 0 Å². The summed E-state index contributed by atoms with van der Waals surface area (Å²) in [4.78, 5) is 4.62. The second-order valence-electron chi connectivity index (χ2n) is 2.71. The van der Waals surface area contributed by atoms with Gasteiger partial charge in [0, 0.05) is 26.2 Å². The monoisotopic (exact) mass is 220 g/mol.